The van der Waals surface area contributed by atoms with E-state index in [-0.39, 0.29) is 30.8 Å². The molecule has 0 amide bonds. The van der Waals surface area contributed by atoms with E-state index < -0.39 is 36.4 Å². The Morgan fingerprint density at radius 3 is 1.85 bits per heavy atom. The fourth-order valence-corrected chi connectivity index (χ4v) is 5.36. The zero-order chi connectivity index (χ0) is 36.4. The molecule has 2 aliphatic rings. The Bertz CT molecular complexity index is 1380. The lowest BCUT2D eigenvalue weighted by Gasteiger charge is -2.35. The maximum atomic E-state index is 11.8. The third-order valence-corrected chi connectivity index (χ3v) is 8.45. The van der Waals surface area contributed by atoms with Crippen LogP contribution in [0.15, 0.2) is 36.4 Å². The Morgan fingerprint density at radius 2 is 1.38 bits per heavy atom. The number of carboxylic acids is 2. The standard InChI is InChI=1S/C32H43BO7.2C2H4O2/c1-9-23-10-12-24(13-11-23)14-25-15-26(16-29(20(25)2)33-39-31(5,6)32(7,8)40-33)30-18-27(37-22(4)35)17-28(38-30)19-36-21(3)34;2*1-2(3)4/h10-13,15-16,27-28,30H,9,14,17-19H2,1-8H3;2*1H3,(H,3,4). The van der Waals surface area contributed by atoms with Crippen LogP contribution in [0.5, 0.6) is 0 Å². The average Bonchev–Trinajstić information content (AvgIpc) is 3.18. The Hall–Kier alpha value is -3.74. The summed E-state index contributed by atoms with van der Waals surface area (Å²) in [4.78, 5) is 41.3. The van der Waals surface area contributed by atoms with Crippen molar-refractivity contribution in [3.05, 3.63) is 64.2 Å². The van der Waals surface area contributed by atoms with Gasteiger partial charge in [0.25, 0.3) is 11.9 Å². The molecule has 0 aliphatic carbocycles. The number of carbonyl (C=O) groups excluding carboxylic acids is 2. The number of aliphatic carboxylic acids is 2. The van der Waals surface area contributed by atoms with E-state index in [0.29, 0.717) is 12.8 Å². The smallest absolute Gasteiger partial charge is 0.481 e. The van der Waals surface area contributed by atoms with Crippen LogP contribution in [-0.4, -0.2) is 71.2 Å². The Morgan fingerprint density at radius 1 is 0.854 bits per heavy atom. The molecule has 3 atom stereocenters. The van der Waals surface area contributed by atoms with Crippen molar-refractivity contribution in [2.45, 2.75) is 124 Å². The fraction of sp³-hybridized carbons (Fsp3) is 0.556. The van der Waals surface area contributed by atoms with Gasteiger partial charge < -0.3 is 33.7 Å². The first kappa shape index (κ1) is 40.4. The molecule has 12 heteroatoms. The summed E-state index contributed by atoms with van der Waals surface area (Å²) in [5.74, 6) is -2.38. The van der Waals surface area contributed by atoms with Crippen molar-refractivity contribution in [3.63, 3.8) is 0 Å². The molecular formula is C36H51BO11. The van der Waals surface area contributed by atoms with E-state index in [9.17, 15) is 9.59 Å². The number of benzene rings is 2. The summed E-state index contributed by atoms with van der Waals surface area (Å²) in [5, 5.41) is 14.8. The lowest BCUT2D eigenvalue weighted by molar-refractivity contribution is -0.169. The van der Waals surface area contributed by atoms with Gasteiger partial charge in [-0.3, -0.25) is 19.2 Å². The zero-order valence-corrected chi connectivity index (χ0v) is 29.9. The summed E-state index contributed by atoms with van der Waals surface area (Å²) < 4.78 is 30.3. The molecular weight excluding hydrogens is 619 g/mol. The molecule has 4 rings (SSSR count). The van der Waals surface area contributed by atoms with Gasteiger partial charge in [0.15, 0.2) is 0 Å². The molecule has 2 N–H and O–H groups in total. The molecule has 3 unspecified atom stereocenters. The molecule has 2 aromatic carbocycles. The third-order valence-electron chi connectivity index (χ3n) is 8.45. The van der Waals surface area contributed by atoms with Gasteiger partial charge in [-0.1, -0.05) is 43.3 Å². The second-order valence-corrected chi connectivity index (χ2v) is 13.1. The number of ether oxygens (including phenoxy) is 3. The zero-order valence-electron chi connectivity index (χ0n) is 29.9. The topological polar surface area (TPSA) is 155 Å². The molecule has 0 bridgehead atoms. The van der Waals surface area contributed by atoms with E-state index in [2.05, 4.69) is 77.9 Å². The first-order chi connectivity index (χ1) is 22.2. The van der Waals surface area contributed by atoms with Crippen LogP contribution in [0.2, 0.25) is 0 Å². The Kier molecular flexibility index (Phi) is 14.8. The summed E-state index contributed by atoms with van der Waals surface area (Å²) >= 11 is 0. The molecule has 0 radical (unpaired) electrons. The molecule has 264 valence electrons. The summed E-state index contributed by atoms with van der Waals surface area (Å²) in [6, 6.07) is 13.0. The first-order valence-electron chi connectivity index (χ1n) is 16.2. The summed E-state index contributed by atoms with van der Waals surface area (Å²) in [6.45, 7) is 17.5. The van der Waals surface area contributed by atoms with E-state index in [1.54, 1.807) is 0 Å². The predicted molar refractivity (Wildman–Crippen MR) is 181 cm³/mol. The third kappa shape index (κ3) is 12.4. The molecule has 0 spiro atoms. The maximum Gasteiger partial charge on any atom is 0.495 e. The number of aryl methyl sites for hydroxylation is 1. The van der Waals surface area contributed by atoms with Gasteiger partial charge in [-0.2, -0.15) is 0 Å². The van der Waals surface area contributed by atoms with Gasteiger partial charge in [0, 0.05) is 40.5 Å². The highest BCUT2D eigenvalue weighted by molar-refractivity contribution is 6.62. The predicted octanol–water partition coefficient (Wildman–Crippen LogP) is 5.34. The van der Waals surface area contributed by atoms with Gasteiger partial charge in [-0.15, -0.1) is 0 Å². The van der Waals surface area contributed by atoms with Crippen LogP contribution in [0.25, 0.3) is 0 Å². The number of carboxylic acid groups (broad SMARTS) is 2. The van der Waals surface area contributed by atoms with Crippen LogP contribution in [-0.2, 0) is 55.5 Å². The van der Waals surface area contributed by atoms with Crippen LogP contribution in [0, 0.1) is 6.92 Å². The van der Waals surface area contributed by atoms with E-state index in [4.69, 9.17) is 43.3 Å². The van der Waals surface area contributed by atoms with Crippen molar-refractivity contribution in [2.24, 2.45) is 0 Å². The summed E-state index contributed by atoms with van der Waals surface area (Å²) in [6.07, 6.45) is 1.62. The normalized spacial score (nSPS) is 20.7. The van der Waals surface area contributed by atoms with Crippen molar-refractivity contribution in [1.29, 1.82) is 0 Å². The molecule has 0 aromatic heterocycles. The van der Waals surface area contributed by atoms with Gasteiger partial charge in [0.2, 0.25) is 0 Å². The van der Waals surface area contributed by atoms with Gasteiger partial charge in [0.1, 0.15) is 12.7 Å². The minimum absolute atomic E-state index is 0.107. The van der Waals surface area contributed by atoms with E-state index >= 15 is 0 Å². The lowest BCUT2D eigenvalue weighted by atomic mass is 9.73. The average molecular weight is 671 g/mol. The summed E-state index contributed by atoms with van der Waals surface area (Å²) in [7, 11) is -0.532. The SMILES string of the molecule is CC(=O)O.CC(=O)O.CCc1ccc(Cc2cc(C3CC(OC(C)=O)CC(COC(C)=O)O3)cc(B3OC(C)(C)C(C)(C)O3)c2C)cc1. The van der Waals surface area contributed by atoms with Gasteiger partial charge in [-0.25, -0.2) is 0 Å². The monoisotopic (exact) mass is 670 g/mol. The molecule has 2 saturated heterocycles. The highest BCUT2D eigenvalue weighted by Crippen LogP contribution is 2.38. The van der Waals surface area contributed by atoms with Crippen molar-refractivity contribution in [1.82, 2.24) is 0 Å². The van der Waals surface area contributed by atoms with Crippen molar-refractivity contribution in [2.75, 3.05) is 6.61 Å². The Labute approximate surface area is 284 Å². The molecule has 2 heterocycles. The fourth-order valence-electron chi connectivity index (χ4n) is 5.36. The summed E-state index contributed by atoms with van der Waals surface area (Å²) in [5.41, 5.74) is 5.75. The van der Waals surface area contributed by atoms with Crippen molar-refractivity contribution < 1.29 is 52.9 Å². The molecule has 0 saturated carbocycles. The van der Waals surface area contributed by atoms with Crippen LogP contribution in [0.3, 0.4) is 0 Å². The highest BCUT2D eigenvalue weighted by atomic mass is 16.7. The maximum absolute atomic E-state index is 11.8. The minimum Gasteiger partial charge on any atom is -0.481 e. The highest BCUT2D eigenvalue weighted by Gasteiger charge is 2.52. The van der Waals surface area contributed by atoms with Crippen LogP contribution >= 0.6 is 0 Å². The number of carbonyl (C=O) groups is 4. The second-order valence-electron chi connectivity index (χ2n) is 13.1. The van der Waals surface area contributed by atoms with Gasteiger partial charge >= 0.3 is 19.1 Å². The number of hydrogen-bond donors (Lipinski definition) is 2. The van der Waals surface area contributed by atoms with E-state index in [0.717, 1.165) is 48.8 Å². The minimum atomic E-state index is -0.833. The van der Waals surface area contributed by atoms with E-state index in [1.165, 1.54) is 25.0 Å². The van der Waals surface area contributed by atoms with E-state index in [1.807, 2.05) is 0 Å². The Balaban J connectivity index is 0.000000900. The number of hydrogen-bond acceptors (Lipinski definition) is 9. The quantitative estimate of drug-likeness (QED) is 0.276. The van der Waals surface area contributed by atoms with Crippen molar-refractivity contribution in [3.8, 4) is 0 Å². The first-order valence-corrected chi connectivity index (χ1v) is 16.2. The number of rotatable bonds is 8. The van der Waals surface area contributed by atoms with Gasteiger partial charge in [0.05, 0.1) is 23.4 Å². The van der Waals surface area contributed by atoms with Crippen LogP contribution in [0.1, 0.15) is 109 Å². The number of esters is 2. The molecule has 2 aliphatic heterocycles. The van der Waals surface area contributed by atoms with Crippen molar-refractivity contribution >= 4 is 36.5 Å². The molecule has 2 aromatic rings. The second kappa shape index (κ2) is 17.6. The van der Waals surface area contributed by atoms with Crippen LogP contribution in [0.4, 0.5) is 0 Å². The largest absolute Gasteiger partial charge is 0.495 e. The van der Waals surface area contributed by atoms with Gasteiger partial charge in [-0.05, 0) is 80.7 Å². The molecule has 2 fully saturated rings. The molecule has 48 heavy (non-hydrogen) atoms. The molecule has 11 nitrogen and oxygen atoms in total. The van der Waals surface area contributed by atoms with Crippen LogP contribution < -0.4 is 5.46 Å². The lowest BCUT2D eigenvalue weighted by Crippen LogP contribution is -2.41.